The van der Waals surface area contributed by atoms with Crippen molar-refractivity contribution in [3.63, 3.8) is 0 Å². The first kappa shape index (κ1) is 12.0. The van der Waals surface area contributed by atoms with Gasteiger partial charge in [0.15, 0.2) is 0 Å². The minimum Gasteiger partial charge on any atom is -0.478 e. The molecule has 0 aromatic carbocycles. The van der Waals surface area contributed by atoms with E-state index in [0.717, 1.165) is 12.3 Å². The number of carboxylic acids is 1. The van der Waals surface area contributed by atoms with Gasteiger partial charge in [-0.05, 0) is 17.7 Å². The van der Waals surface area contributed by atoms with Gasteiger partial charge >= 0.3 is 5.97 Å². The number of hydrogen-bond donors (Lipinski definition) is 1. The molecule has 0 unspecified atom stereocenters. The van der Waals surface area contributed by atoms with Crippen LogP contribution < -0.4 is 5.56 Å². The van der Waals surface area contributed by atoms with Gasteiger partial charge in [-0.1, -0.05) is 0 Å². The highest BCUT2D eigenvalue weighted by Gasteiger charge is 2.05. The molecule has 0 fully saturated rings. The number of aromatic nitrogens is 2. The van der Waals surface area contributed by atoms with E-state index in [0.29, 0.717) is 5.56 Å². The lowest BCUT2D eigenvalue weighted by molar-refractivity contribution is 0.0696. The maximum atomic E-state index is 12.9. The Morgan fingerprint density at radius 2 is 2.17 bits per heavy atom. The number of pyridine rings is 2. The van der Waals surface area contributed by atoms with Crippen molar-refractivity contribution in [2.45, 2.75) is 6.54 Å². The van der Waals surface area contributed by atoms with E-state index in [-0.39, 0.29) is 12.1 Å². The number of halogens is 1. The van der Waals surface area contributed by atoms with E-state index >= 15 is 0 Å². The molecule has 2 aromatic heterocycles. The predicted octanol–water partition coefficient (Wildman–Crippen LogP) is 1.13. The van der Waals surface area contributed by atoms with Crippen LogP contribution in [0.1, 0.15) is 15.9 Å². The maximum Gasteiger partial charge on any atom is 0.335 e. The Bertz CT molecular complexity index is 652. The molecule has 0 aliphatic heterocycles. The average Bonchev–Trinajstić information content (AvgIpc) is 2.31. The van der Waals surface area contributed by atoms with Crippen molar-refractivity contribution in [2.75, 3.05) is 0 Å². The van der Waals surface area contributed by atoms with Crippen molar-refractivity contribution >= 4 is 5.97 Å². The van der Waals surface area contributed by atoms with Crippen molar-refractivity contribution in [2.24, 2.45) is 0 Å². The highest BCUT2D eigenvalue weighted by Crippen LogP contribution is 2.03. The van der Waals surface area contributed by atoms with Crippen LogP contribution in [0.3, 0.4) is 0 Å². The third-order valence-electron chi connectivity index (χ3n) is 2.36. The average molecular weight is 248 g/mol. The SMILES string of the molecule is O=C(O)c1ccn(Cc2cncc(F)c2)c(=O)c1. The molecular weight excluding hydrogens is 239 g/mol. The molecule has 0 amide bonds. The van der Waals surface area contributed by atoms with Crippen LogP contribution in [0.5, 0.6) is 0 Å². The van der Waals surface area contributed by atoms with Gasteiger partial charge in [0.05, 0.1) is 18.3 Å². The van der Waals surface area contributed by atoms with E-state index in [4.69, 9.17) is 5.11 Å². The predicted molar refractivity (Wildman–Crippen MR) is 61.0 cm³/mol. The van der Waals surface area contributed by atoms with Crippen molar-refractivity contribution in [1.82, 2.24) is 9.55 Å². The van der Waals surface area contributed by atoms with E-state index in [1.54, 1.807) is 0 Å². The maximum absolute atomic E-state index is 12.9. The molecule has 2 heterocycles. The zero-order valence-corrected chi connectivity index (χ0v) is 9.21. The van der Waals surface area contributed by atoms with Crippen LogP contribution >= 0.6 is 0 Å². The van der Waals surface area contributed by atoms with E-state index in [9.17, 15) is 14.0 Å². The van der Waals surface area contributed by atoms with Gasteiger partial charge in [-0.15, -0.1) is 0 Å². The minimum absolute atomic E-state index is 0.0754. The number of rotatable bonds is 3. The lowest BCUT2D eigenvalue weighted by Gasteiger charge is -2.05. The van der Waals surface area contributed by atoms with Crippen molar-refractivity contribution in [3.8, 4) is 0 Å². The van der Waals surface area contributed by atoms with Crippen LogP contribution in [-0.2, 0) is 6.54 Å². The molecule has 2 aromatic rings. The Kier molecular flexibility index (Phi) is 3.18. The third kappa shape index (κ3) is 2.60. The van der Waals surface area contributed by atoms with Crippen LogP contribution in [0.25, 0.3) is 0 Å². The van der Waals surface area contributed by atoms with E-state index in [1.807, 2.05) is 0 Å². The fraction of sp³-hybridized carbons (Fsp3) is 0.0833. The summed E-state index contributed by atoms with van der Waals surface area (Å²) < 4.78 is 14.2. The molecule has 0 atom stereocenters. The van der Waals surface area contributed by atoms with Crippen molar-refractivity contribution in [3.05, 3.63) is 64.1 Å². The molecule has 6 heteroatoms. The Hall–Kier alpha value is -2.50. The molecular formula is C12H9FN2O3. The third-order valence-corrected chi connectivity index (χ3v) is 2.36. The molecule has 0 spiro atoms. The standard InChI is InChI=1S/C12H9FN2O3/c13-10-3-8(5-14-6-10)7-15-2-1-9(12(17)18)4-11(15)16/h1-6H,7H2,(H,17,18). The van der Waals surface area contributed by atoms with Gasteiger partial charge in [0, 0.05) is 18.5 Å². The van der Waals surface area contributed by atoms with Crippen LogP contribution in [0, 0.1) is 5.82 Å². The summed E-state index contributed by atoms with van der Waals surface area (Å²) in [7, 11) is 0. The monoisotopic (exact) mass is 248 g/mol. The second kappa shape index (κ2) is 4.79. The summed E-state index contributed by atoms with van der Waals surface area (Å²) in [5.74, 6) is -1.64. The van der Waals surface area contributed by atoms with Gasteiger partial charge in [-0.25, -0.2) is 9.18 Å². The largest absolute Gasteiger partial charge is 0.478 e. The minimum atomic E-state index is -1.16. The second-order valence-corrected chi connectivity index (χ2v) is 3.70. The summed E-state index contributed by atoms with van der Waals surface area (Å²) in [6, 6.07) is 3.61. The Morgan fingerprint density at radius 3 is 2.78 bits per heavy atom. The number of hydrogen-bond acceptors (Lipinski definition) is 3. The highest BCUT2D eigenvalue weighted by molar-refractivity contribution is 5.87. The summed E-state index contributed by atoms with van der Waals surface area (Å²) in [5, 5.41) is 8.72. The van der Waals surface area contributed by atoms with Crippen molar-refractivity contribution < 1.29 is 14.3 Å². The molecule has 92 valence electrons. The second-order valence-electron chi connectivity index (χ2n) is 3.70. The van der Waals surface area contributed by atoms with Gasteiger partial charge in [0.1, 0.15) is 5.82 Å². The Labute approximate surface area is 101 Å². The fourth-order valence-electron chi connectivity index (χ4n) is 1.51. The summed E-state index contributed by atoms with van der Waals surface area (Å²) in [6.45, 7) is 0.142. The molecule has 2 rings (SSSR count). The molecule has 18 heavy (non-hydrogen) atoms. The lowest BCUT2D eigenvalue weighted by Crippen LogP contribution is -2.20. The van der Waals surface area contributed by atoms with E-state index in [2.05, 4.69) is 4.98 Å². The fourth-order valence-corrected chi connectivity index (χ4v) is 1.51. The molecule has 0 saturated carbocycles. The van der Waals surface area contributed by atoms with Crippen LogP contribution in [0.4, 0.5) is 4.39 Å². The Balaban J connectivity index is 2.30. The zero-order valence-electron chi connectivity index (χ0n) is 9.21. The molecule has 0 aliphatic rings. The highest BCUT2D eigenvalue weighted by atomic mass is 19.1. The van der Waals surface area contributed by atoms with Crippen LogP contribution in [0.15, 0.2) is 41.6 Å². The number of carbonyl (C=O) groups is 1. The quantitative estimate of drug-likeness (QED) is 0.883. The molecule has 5 nitrogen and oxygen atoms in total. The summed E-state index contributed by atoms with van der Waals surface area (Å²) in [5.41, 5.74) is -0.00652. The first-order valence-corrected chi connectivity index (χ1v) is 5.09. The van der Waals surface area contributed by atoms with Crippen LogP contribution in [-0.4, -0.2) is 20.6 Å². The molecule has 1 N–H and O–H groups in total. The topological polar surface area (TPSA) is 72.2 Å². The van der Waals surface area contributed by atoms with Gasteiger partial charge in [-0.3, -0.25) is 9.78 Å². The number of aromatic carboxylic acids is 1. The lowest BCUT2D eigenvalue weighted by atomic mass is 10.2. The van der Waals surface area contributed by atoms with Crippen molar-refractivity contribution in [1.29, 1.82) is 0 Å². The molecule has 0 bridgehead atoms. The molecule has 0 aliphatic carbocycles. The van der Waals surface area contributed by atoms with E-state index < -0.39 is 17.3 Å². The van der Waals surface area contributed by atoms with Crippen LogP contribution in [0.2, 0.25) is 0 Å². The van der Waals surface area contributed by atoms with Gasteiger partial charge in [0.25, 0.3) is 5.56 Å². The van der Waals surface area contributed by atoms with E-state index in [1.165, 1.54) is 29.1 Å². The van der Waals surface area contributed by atoms with Gasteiger partial charge in [0.2, 0.25) is 0 Å². The molecule has 0 radical (unpaired) electrons. The summed E-state index contributed by atoms with van der Waals surface area (Å²) >= 11 is 0. The first-order chi connectivity index (χ1) is 8.56. The van der Waals surface area contributed by atoms with Gasteiger partial charge < -0.3 is 9.67 Å². The number of nitrogens with zero attached hydrogens (tertiary/aromatic N) is 2. The molecule has 0 saturated heterocycles. The normalized spacial score (nSPS) is 10.3. The number of carboxylic acid groups (broad SMARTS) is 1. The van der Waals surface area contributed by atoms with Gasteiger partial charge in [-0.2, -0.15) is 0 Å². The Morgan fingerprint density at radius 1 is 1.39 bits per heavy atom. The first-order valence-electron chi connectivity index (χ1n) is 5.09. The smallest absolute Gasteiger partial charge is 0.335 e. The summed E-state index contributed by atoms with van der Waals surface area (Å²) in [4.78, 5) is 26.0. The zero-order chi connectivity index (χ0) is 13.1. The summed E-state index contributed by atoms with van der Waals surface area (Å²) in [6.07, 6.45) is 3.87.